The number of pyridine rings is 1. The maximum absolute atomic E-state index is 12.6. The van der Waals surface area contributed by atoms with Crippen molar-refractivity contribution in [2.24, 2.45) is 7.05 Å². The highest BCUT2D eigenvalue weighted by atomic mass is 16.2. The number of likely N-dealkylation sites (tertiary alicyclic amines) is 1. The first-order valence-corrected chi connectivity index (χ1v) is 8.19. The van der Waals surface area contributed by atoms with Gasteiger partial charge in [0.1, 0.15) is 11.8 Å². The van der Waals surface area contributed by atoms with Crippen LogP contribution in [-0.2, 0) is 18.3 Å². The minimum absolute atomic E-state index is 0.0541. The second-order valence-electron chi connectivity index (χ2n) is 6.26. The van der Waals surface area contributed by atoms with Crippen LogP contribution < -0.4 is 5.69 Å². The SMILES string of the molecule is Cn1c(=O)n([C@@H]2CCN(C(=O)Cc3cccnc3)C2)c2ncncc21. The van der Waals surface area contributed by atoms with Gasteiger partial charge in [0.05, 0.1) is 18.7 Å². The molecule has 1 aliphatic rings. The van der Waals surface area contributed by atoms with Crippen molar-refractivity contribution >= 4 is 17.1 Å². The van der Waals surface area contributed by atoms with Gasteiger partial charge in [0, 0.05) is 32.5 Å². The van der Waals surface area contributed by atoms with Crippen molar-refractivity contribution in [3.63, 3.8) is 0 Å². The van der Waals surface area contributed by atoms with Crippen LogP contribution in [0.2, 0.25) is 0 Å². The molecule has 3 aromatic rings. The fourth-order valence-corrected chi connectivity index (χ4v) is 3.39. The van der Waals surface area contributed by atoms with Gasteiger partial charge in [0.25, 0.3) is 0 Å². The predicted molar refractivity (Wildman–Crippen MR) is 90.9 cm³/mol. The highest BCUT2D eigenvalue weighted by molar-refractivity contribution is 5.79. The first-order chi connectivity index (χ1) is 12.1. The van der Waals surface area contributed by atoms with E-state index < -0.39 is 0 Å². The molecule has 0 radical (unpaired) electrons. The molecule has 0 unspecified atom stereocenters. The van der Waals surface area contributed by atoms with Gasteiger partial charge in [-0.1, -0.05) is 6.07 Å². The predicted octanol–water partition coefficient (Wildman–Crippen LogP) is 0.541. The molecule has 8 nitrogen and oxygen atoms in total. The van der Waals surface area contributed by atoms with Crippen molar-refractivity contribution in [1.29, 1.82) is 0 Å². The molecular formula is C17H18N6O2. The molecule has 1 amide bonds. The van der Waals surface area contributed by atoms with E-state index in [1.54, 1.807) is 34.8 Å². The van der Waals surface area contributed by atoms with E-state index in [9.17, 15) is 9.59 Å². The average molecular weight is 338 g/mol. The van der Waals surface area contributed by atoms with Crippen LogP contribution in [0.25, 0.3) is 11.2 Å². The third-order valence-corrected chi connectivity index (χ3v) is 4.71. The van der Waals surface area contributed by atoms with E-state index >= 15 is 0 Å². The summed E-state index contributed by atoms with van der Waals surface area (Å²) in [6, 6.07) is 3.65. The summed E-state index contributed by atoms with van der Waals surface area (Å²) in [5.41, 5.74) is 2.09. The average Bonchev–Trinajstić information content (AvgIpc) is 3.20. The first kappa shape index (κ1) is 15.5. The number of nitrogens with zero attached hydrogens (tertiary/aromatic N) is 6. The number of aromatic nitrogens is 5. The highest BCUT2D eigenvalue weighted by Crippen LogP contribution is 2.24. The molecule has 25 heavy (non-hydrogen) atoms. The normalized spacial score (nSPS) is 17.3. The van der Waals surface area contributed by atoms with Crippen LogP contribution in [0.15, 0.2) is 41.8 Å². The number of rotatable bonds is 3. The molecule has 3 aromatic heterocycles. The lowest BCUT2D eigenvalue weighted by molar-refractivity contribution is -0.129. The summed E-state index contributed by atoms with van der Waals surface area (Å²) in [7, 11) is 1.71. The third-order valence-electron chi connectivity index (χ3n) is 4.71. The van der Waals surface area contributed by atoms with E-state index in [1.165, 1.54) is 6.33 Å². The molecule has 1 aliphatic heterocycles. The van der Waals surface area contributed by atoms with Gasteiger partial charge < -0.3 is 4.90 Å². The van der Waals surface area contributed by atoms with Crippen molar-refractivity contribution in [3.05, 3.63) is 53.1 Å². The molecule has 4 rings (SSSR count). The summed E-state index contributed by atoms with van der Waals surface area (Å²) in [6.07, 6.45) is 7.54. The Morgan fingerprint density at radius 2 is 2.20 bits per heavy atom. The standard InChI is InChI=1S/C17H18N6O2/c1-21-14-9-19-11-20-16(14)23(17(21)25)13-4-6-22(10-13)15(24)7-12-3-2-5-18-8-12/h2-3,5,8-9,11,13H,4,6-7,10H2,1H3/t13-/m1/s1. The summed E-state index contributed by atoms with van der Waals surface area (Å²) in [5.74, 6) is 0.0541. The smallest absolute Gasteiger partial charge is 0.330 e. The Balaban J connectivity index is 1.56. The molecule has 1 saturated heterocycles. The zero-order valence-corrected chi connectivity index (χ0v) is 13.9. The lowest BCUT2D eigenvalue weighted by atomic mass is 10.2. The Morgan fingerprint density at radius 3 is 3.00 bits per heavy atom. The Kier molecular flexibility index (Phi) is 3.79. The Labute approximate surface area is 143 Å². The van der Waals surface area contributed by atoms with E-state index in [0.717, 1.165) is 12.0 Å². The fraction of sp³-hybridized carbons (Fsp3) is 0.353. The number of hydrogen-bond donors (Lipinski definition) is 0. The topological polar surface area (TPSA) is 85.9 Å². The van der Waals surface area contributed by atoms with Gasteiger partial charge in [-0.3, -0.25) is 18.9 Å². The van der Waals surface area contributed by atoms with Crippen molar-refractivity contribution in [2.45, 2.75) is 18.9 Å². The monoisotopic (exact) mass is 338 g/mol. The van der Waals surface area contributed by atoms with E-state index in [1.807, 2.05) is 17.0 Å². The van der Waals surface area contributed by atoms with Gasteiger partial charge in [-0.15, -0.1) is 0 Å². The molecule has 0 spiro atoms. The molecule has 1 atom stereocenters. The summed E-state index contributed by atoms with van der Waals surface area (Å²) < 4.78 is 3.24. The van der Waals surface area contributed by atoms with E-state index in [0.29, 0.717) is 30.7 Å². The van der Waals surface area contributed by atoms with Crippen LogP contribution >= 0.6 is 0 Å². The Hall–Kier alpha value is -3.03. The maximum Gasteiger partial charge on any atom is 0.330 e. The van der Waals surface area contributed by atoms with Crippen LogP contribution in [0.1, 0.15) is 18.0 Å². The number of carbonyl (C=O) groups excluding carboxylic acids is 1. The van der Waals surface area contributed by atoms with E-state index in [-0.39, 0.29) is 17.6 Å². The Bertz CT molecular complexity index is 978. The quantitative estimate of drug-likeness (QED) is 0.696. The maximum atomic E-state index is 12.6. The molecule has 128 valence electrons. The lowest BCUT2D eigenvalue weighted by Crippen LogP contribution is -2.32. The molecule has 4 heterocycles. The zero-order valence-electron chi connectivity index (χ0n) is 13.9. The van der Waals surface area contributed by atoms with Crippen LogP contribution in [0.3, 0.4) is 0 Å². The Morgan fingerprint density at radius 1 is 1.32 bits per heavy atom. The lowest BCUT2D eigenvalue weighted by Gasteiger charge is -2.17. The molecule has 0 aromatic carbocycles. The van der Waals surface area contributed by atoms with Gasteiger partial charge in [-0.2, -0.15) is 0 Å². The number of imidazole rings is 1. The summed E-state index contributed by atoms with van der Waals surface area (Å²) in [5, 5.41) is 0. The summed E-state index contributed by atoms with van der Waals surface area (Å²) in [6.45, 7) is 1.15. The van der Waals surface area contributed by atoms with Gasteiger partial charge in [0.2, 0.25) is 5.91 Å². The fourth-order valence-electron chi connectivity index (χ4n) is 3.39. The third kappa shape index (κ3) is 2.69. The second kappa shape index (κ2) is 6.12. The number of hydrogen-bond acceptors (Lipinski definition) is 5. The molecule has 0 N–H and O–H groups in total. The van der Waals surface area contributed by atoms with Crippen molar-refractivity contribution in [3.8, 4) is 0 Å². The van der Waals surface area contributed by atoms with Gasteiger partial charge >= 0.3 is 5.69 Å². The minimum Gasteiger partial charge on any atom is -0.340 e. The van der Waals surface area contributed by atoms with Crippen LogP contribution in [0.5, 0.6) is 0 Å². The number of aryl methyl sites for hydroxylation is 1. The van der Waals surface area contributed by atoms with E-state index in [4.69, 9.17) is 0 Å². The summed E-state index contributed by atoms with van der Waals surface area (Å²) >= 11 is 0. The zero-order chi connectivity index (χ0) is 17.4. The number of amides is 1. The molecule has 1 fully saturated rings. The van der Waals surface area contributed by atoms with Crippen LogP contribution in [-0.4, -0.2) is 48.0 Å². The van der Waals surface area contributed by atoms with Crippen LogP contribution in [0.4, 0.5) is 0 Å². The summed E-state index contributed by atoms with van der Waals surface area (Å²) in [4.78, 5) is 39.2. The highest BCUT2D eigenvalue weighted by Gasteiger charge is 2.30. The van der Waals surface area contributed by atoms with Gasteiger partial charge in [0.15, 0.2) is 5.65 Å². The minimum atomic E-state index is -0.123. The number of fused-ring (bicyclic) bond motifs is 1. The van der Waals surface area contributed by atoms with Crippen molar-refractivity contribution in [2.75, 3.05) is 13.1 Å². The van der Waals surface area contributed by atoms with Crippen molar-refractivity contribution in [1.82, 2.24) is 29.0 Å². The van der Waals surface area contributed by atoms with Gasteiger partial charge in [-0.05, 0) is 18.1 Å². The molecule has 0 aliphatic carbocycles. The van der Waals surface area contributed by atoms with Gasteiger partial charge in [-0.25, -0.2) is 14.8 Å². The number of carbonyl (C=O) groups is 1. The molecular weight excluding hydrogens is 320 g/mol. The molecule has 0 bridgehead atoms. The largest absolute Gasteiger partial charge is 0.340 e. The van der Waals surface area contributed by atoms with Crippen molar-refractivity contribution < 1.29 is 4.79 Å². The molecule has 8 heteroatoms. The van der Waals surface area contributed by atoms with Crippen LogP contribution in [0, 0.1) is 0 Å². The van der Waals surface area contributed by atoms with E-state index in [2.05, 4.69) is 15.0 Å². The second-order valence-corrected chi connectivity index (χ2v) is 6.26. The molecule has 0 saturated carbocycles. The first-order valence-electron chi connectivity index (χ1n) is 8.19.